The zero-order chi connectivity index (χ0) is 12.7. The van der Waals surface area contributed by atoms with Crippen molar-refractivity contribution in [1.29, 1.82) is 0 Å². The Hall–Kier alpha value is -0.650. The summed E-state index contributed by atoms with van der Waals surface area (Å²) in [5, 5.41) is 3.26. The van der Waals surface area contributed by atoms with Gasteiger partial charge in [0.2, 0.25) is 5.91 Å². The van der Waals surface area contributed by atoms with Crippen LogP contribution in [0.25, 0.3) is 0 Å². The molecule has 0 bridgehead atoms. The summed E-state index contributed by atoms with van der Waals surface area (Å²) >= 11 is 0. The second-order valence-electron chi connectivity index (χ2n) is 4.55. The summed E-state index contributed by atoms with van der Waals surface area (Å²) in [6, 6.07) is 0. The van der Waals surface area contributed by atoms with Gasteiger partial charge in [-0.1, -0.05) is 6.92 Å². The average molecular weight is 244 g/mol. The maximum absolute atomic E-state index is 12.3. The lowest BCUT2D eigenvalue weighted by molar-refractivity contribution is -0.137. The summed E-state index contributed by atoms with van der Waals surface area (Å²) in [6.07, 6.45) is 0. The summed E-state index contributed by atoms with van der Waals surface area (Å²) in [5.74, 6) is 0.732. The molecule has 0 saturated carbocycles. The first-order valence-electron chi connectivity index (χ1n) is 6.18. The van der Waals surface area contributed by atoms with Crippen molar-refractivity contribution in [2.45, 2.75) is 6.92 Å². The molecular formula is C12H24N2O3. The van der Waals surface area contributed by atoms with E-state index in [0.29, 0.717) is 32.2 Å². The van der Waals surface area contributed by atoms with Crippen molar-refractivity contribution in [3.05, 3.63) is 0 Å². The average Bonchev–Trinajstić information content (AvgIpc) is 2.75. The molecule has 1 amide bonds. The van der Waals surface area contributed by atoms with Gasteiger partial charge in [-0.25, -0.2) is 0 Å². The van der Waals surface area contributed by atoms with Crippen LogP contribution in [-0.4, -0.2) is 64.4 Å². The van der Waals surface area contributed by atoms with Crippen molar-refractivity contribution >= 4 is 5.91 Å². The van der Waals surface area contributed by atoms with Crippen LogP contribution in [0.5, 0.6) is 0 Å². The van der Waals surface area contributed by atoms with Crippen LogP contribution >= 0.6 is 0 Å². The molecule has 5 heteroatoms. The summed E-state index contributed by atoms with van der Waals surface area (Å²) < 4.78 is 10.1. The van der Waals surface area contributed by atoms with Crippen molar-refractivity contribution in [3.8, 4) is 0 Å². The first-order chi connectivity index (χ1) is 8.20. The van der Waals surface area contributed by atoms with E-state index in [-0.39, 0.29) is 11.8 Å². The second kappa shape index (κ2) is 7.63. The molecule has 1 N–H and O–H groups in total. The minimum Gasteiger partial charge on any atom is -0.383 e. The van der Waals surface area contributed by atoms with E-state index >= 15 is 0 Å². The van der Waals surface area contributed by atoms with E-state index < -0.39 is 0 Å². The number of hydrogen-bond acceptors (Lipinski definition) is 4. The van der Waals surface area contributed by atoms with Gasteiger partial charge in [-0.3, -0.25) is 4.79 Å². The predicted octanol–water partition coefficient (Wildman–Crippen LogP) is -0.0367. The van der Waals surface area contributed by atoms with Gasteiger partial charge in [0, 0.05) is 33.9 Å². The lowest BCUT2D eigenvalue weighted by Gasteiger charge is -2.26. The highest BCUT2D eigenvalue weighted by Gasteiger charge is 2.32. The Morgan fingerprint density at radius 3 is 2.24 bits per heavy atom. The van der Waals surface area contributed by atoms with Crippen LogP contribution in [0.2, 0.25) is 0 Å². The molecule has 1 aliphatic rings. The fourth-order valence-electron chi connectivity index (χ4n) is 2.11. The van der Waals surface area contributed by atoms with E-state index in [4.69, 9.17) is 9.47 Å². The normalized spacial score (nSPS) is 23.9. The molecule has 0 unspecified atom stereocenters. The highest BCUT2D eigenvalue weighted by atomic mass is 16.5. The number of methoxy groups -OCH3 is 2. The molecule has 0 spiro atoms. The molecule has 0 aromatic rings. The number of rotatable bonds is 7. The number of ether oxygens (including phenoxy) is 2. The molecule has 100 valence electrons. The third-order valence-corrected chi connectivity index (χ3v) is 3.28. The van der Waals surface area contributed by atoms with E-state index in [1.54, 1.807) is 14.2 Å². The molecule has 2 atom stereocenters. The zero-order valence-corrected chi connectivity index (χ0v) is 11.1. The molecule has 0 radical (unpaired) electrons. The lowest BCUT2D eigenvalue weighted by atomic mass is 9.96. The maximum Gasteiger partial charge on any atom is 0.227 e. The monoisotopic (exact) mass is 244 g/mol. The Balaban J connectivity index is 2.51. The first-order valence-corrected chi connectivity index (χ1v) is 6.18. The molecule has 0 aliphatic carbocycles. The van der Waals surface area contributed by atoms with Crippen LogP contribution in [0, 0.1) is 11.8 Å². The molecule has 5 nitrogen and oxygen atoms in total. The topological polar surface area (TPSA) is 50.8 Å². The summed E-state index contributed by atoms with van der Waals surface area (Å²) in [6.45, 7) is 6.26. The van der Waals surface area contributed by atoms with Crippen LogP contribution < -0.4 is 5.32 Å². The van der Waals surface area contributed by atoms with Crippen LogP contribution in [0.3, 0.4) is 0 Å². The highest BCUT2D eigenvalue weighted by Crippen LogP contribution is 2.18. The number of carbonyl (C=O) groups is 1. The van der Waals surface area contributed by atoms with Gasteiger partial charge in [0.25, 0.3) is 0 Å². The first kappa shape index (κ1) is 14.4. The van der Waals surface area contributed by atoms with Gasteiger partial charge in [0.15, 0.2) is 0 Å². The second-order valence-corrected chi connectivity index (χ2v) is 4.55. The molecule has 1 aliphatic heterocycles. The summed E-state index contributed by atoms with van der Waals surface area (Å²) in [4.78, 5) is 14.2. The van der Waals surface area contributed by atoms with E-state index in [0.717, 1.165) is 13.1 Å². The molecule has 1 saturated heterocycles. The lowest BCUT2D eigenvalue weighted by Crippen LogP contribution is -2.42. The van der Waals surface area contributed by atoms with Crippen LogP contribution in [0.1, 0.15) is 6.92 Å². The highest BCUT2D eigenvalue weighted by molar-refractivity contribution is 5.79. The predicted molar refractivity (Wildman–Crippen MR) is 65.9 cm³/mol. The van der Waals surface area contributed by atoms with Gasteiger partial charge >= 0.3 is 0 Å². The Morgan fingerprint density at radius 2 is 1.82 bits per heavy atom. The minimum atomic E-state index is 0.101. The number of nitrogens with one attached hydrogen (secondary N) is 1. The zero-order valence-electron chi connectivity index (χ0n) is 11.1. The minimum absolute atomic E-state index is 0.101. The van der Waals surface area contributed by atoms with Crippen LogP contribution in [0.4, 0.5) is 0 Å². The van der Waals surface area contributed by atoms with Gasteiger partial charge in [0.05, 0.1) is 19.1 Å². The van der Waals surface area contributed by atoms with Crippen molar-refractivity contribution in [1.82, 2.24) is 10.2 Å². The molecule has 1 rings (SSSR count). The Kier molecular flexibility index (Phi) is 6.47. The van der Waals surface area contributed by atoms with E-state index in [1.807, 2.05) is 4.90 Å². The molecule has 1 heterocycles. The largest absolute Gasteiger partial charge is 0.383 e. The molecule has 0 aromatic carbocycles. The number of amides is 1. The van der Waals surface area contributed by atoms with Gasteiger partial charge < -0.3 is 19.7 Å². The van der Waals surface area contributed by atoms with Gasteiger partial charge in [-0.05, 0) is 12.5 Å². The van der Waals surface area contributed by atoms with Crippen molar-refractivity contribution in [3.63, 3.8) is 0 Å². The van der Waals surface area contributed by atoms with Crippen molar-refractivity contribution < 1.29 is 14.3 Å². The molecular weight excluding hydrogens is 220 g/mol. The number of carbonyl (C=O) groups excluding carboxylic acids is 1. The maximum atomic E-state index is 12.3. The standard InChI is InChI=1S/C12H24N2O3/c1-10-8-13-9-11(10)12(15)14(4-6-16-2)5-7-17-3/h10-11,13H,4-9H2,1-3H3/t10-,11-/m1/s1. The van der Waals surface area contributed by atoms with Gasteiger partial charge in [0.1, 0.15) is 0 Å². The third kappa shape index (κ3) is 4.26. The van der Waals surface area contributed by atoms with Gasteiger partial charge in [-0.15, -0.1) is 0 Å². The molecule has 0 aromatic heterocycles. The quantitative estimate of drug-likeness (QED) is 0.683. The van der Waals surface area contributed by atoms with Crippen molar-refractivity contribution in [2.75, 3.05) is 53.6 Å². The number of hydrogen-bond donors (Lipinski definition) is 1. The Labute approximate surface area is 103 Å². The molecule has 1 fully saturated rings. The van der Waals surface area contributed by atoms with Crippen LogP contribution in [0.15, 0.2) is 0 Å². The smallest absolute Gasteiger partial charge is 0.227 e. The summed E-state index contributed by atoms with van der Waals surface area (Å²) in [5.41, 5.74) is 0. The Morgan fingerprint density at radius 1 is 1.24 bits per heavy atom. The van der Waals surface area contributed by atoms with E-state index in [9.17, 15) is 4.79 Å². The summed E-state index contributed by atoms with van der Waals surface area (Å²) in [7, 11) is 3.30. The van der Waals surface area contributed by atoms with E-state index in [1.165, 1.54) is 0 Å². The SMILES string of the molecule is COCCN(CCOC)C(=O)[C@@H]1CNC[C@H]1C. The fraction of sp³-hybridized carbons (Fsp3) is 0.917. The molecule has 17 heavy (non-hydrogen) atoms. The van der Waals surface area contributed by atoms with Crippen molar-refractivity contribution in [2.24, 2.45) is 11.8 Å². The Bertz CT molecular complexity index is 228. The van der Waals surface area contributed by atoms with E-state index in [2.05, 4.69) is 12.2 Å². The van der Waals surface area contributed by atoms with Crippen LogP contribution in [-0.2, 0) is 14.3 Å². The fourth-order valence-corrected chi connectivity index (χ4v) is 2.11. The third-order valence-electron chi connectivity index (χ3n) is 3.28. The van der Waals surface area contributed by atoms with Gasteiger partial charge in [-0.2, -0.15) is 0 Å². The number of nitrogens with zero attached hydrogens (tertiary/aromatic N) is 1.